The summed E-state index contributed by atoms with van der Waals surface area (Å²) in [5.41, 5.74) is 1.99. The summed E-state index contributed by atoms with van der Waals surface area (Å²) in [5, 5.41) is 7.30. The minimum absolute atomic E-state index is 0.181. The lowest BCUT2D eigenvalue weighted by molar-refractivity contribution is -0.135. The summed E-state index contributed by atoms with van der Waals surface area (Å²) in [5.74, 6) is 0. The van der Waals surface area contributed by atoms with Gasteiger partial charge in [-0.25, -0.2) is 0 Å². The molecule has 98 valence electrons. The molecular formula is C11H18F3N3. The molecule has 0 aliphatic rings. The van der Waals surface area contributed by atoms with E-state index in [2.05, 4.69) is 10.4 Å². The molecule has 0 aromatic carbocycles. The molecule has 1 aromatic heterocycles. The number of halogens is 3. The maximum atomic E-state index is 11.9. The summed E-state index contributed by atoms with van der Waals surface area (Å²) < 4.78 is 37.3. The molecule has 1 rings (SSSR count). The van der Waals surface area contributed by atoms with Crippen molar-refractivity contribution in [1.29, 1.82) is 0 Å². The Hall–Kier alpha value is -1.04. The van der Waals surface area contributed by atoms with E-state index in [1.54, 1.807) is 4.68 Å². The van der Waals surface area contributed by atoms with Crippen LogP contribution in [0.3, 0.4) is 0 Å². The van der Waals surface area contributed by atoms with E-state index < -0.39 is 12.6 Å². The number of nitrogens with one attached hydrogen (secondary N) is 1. The van der Waals surface area contributed by atoms with Crippen molar-refractivity contribution in [3.63, 3.8) is 0 Å². The molecule has 17 heavy (non-hydrogen) atoms. The molecular weight excluding hydrogens is 231 g/mol. The van der Waals surface area contributed by atoms with Crippen LogP contribution in [-0.2, 0) is 13.6 Å². The van der Waals surface area contributed by atoms with Crippen LogP contribution in [0.25, 0.3) is 0 Å². The van der Waals surface area contributed by atoms with Crippen molar-refractivity contribution in [3.05, 3.63) is 17.5 Å². The van der Waals surface area contributed by atoms with E-state index in [9.17, 15) is 13.2 Å². The maximum Gasteiger partial charge on any atom is 0.389 e. The first kappa shape index (κ1) is 14.0. The summed E-state index contributed by atoms with van der Waals surface area (Å²) in [4.78, 5) is 0. The maximum absolute atomic E-state index is 11.9. The molecule has 1 heterocycles. The van der Waals surface area contributed by atoms with Crippen LogP contribution in [0.5, 0.6) is 0 Å². The first-order valence-electron chi connectivity index (χ1n) is 5.65. The number of hydrogen-bond acceptors (Lipinski definition) is 2. The van der Waals surface area contributed by atoms with E-state index in [4.69, 9.17) is 0 Å². The van der Waals surface area contributed by atoms with E-state index in [1.807, 2.05) is 20.0 Å². The van der Waals surface area contributed by atoms with Crippen LogP contribution in [0.15, 0.2) is 6.07 Å². The topological polar surface area (TPSA) is 29.9 Å². The molecule has 0 atom stereocenters. The summed E-state index contributed by atoms with van der Waals surface area (Å²) in [6.45, 7) is 3.15. The lowest BCUT2D eigenvalue weighted by atomic mass is 10.2. The number of hydrogen-bond donors (Lipinski definition) is 1. The SMILES string of the molecule is Cc1cc(CNCCCCC(F)(F)F)n(C)n1. The largest absolute Gasteiger partial charge is 0.389 e. The third kappa shape index (κ3) is 5.72. The van der Waals surface area contributed by atoms with E-state index in [1.165, 1.54) is 0 Å². The molecule has 0 unspecified atom stereocenters. The molecule has 0 amide bonds. The van der Waals surface area contributed by atoms with Gasteiger partial charge >= 0.3 is 6.18 Å². The van der Waals surface area contributed by atoms with Gasteiger partial charge < -0.3 is 5.32 Å². The third-order valence-corrected chi connectivity index (χ3v) is 2.47. The molecule has 0 saturated heterocycles. The van der Waals surface area contributed by atoms with Gasteiger partial charge in [0.1, 0.15) is 0 Å². The Morgan fingerprint density at radius 1 is 1.35 bits per heavy atom. The molecule has 1 aromatic rings. The average Bonchev–Trinajstić information content (AvgIpc) is 2.49. The molecule has 0 saturated carbocycles. The Bertz CT molecular complexity index is 344. The molecule has 0 spiro atoms. The van der Waals surface area contributed by atoms with Gasteiger partial charge in [-0.05, 0) is 32.4 Å². The van der Waals surface area contributed by atoms with Crippen molar-refractivity contribution in [3.8, 4) is 0 Å². The zero-order valence-electron chi connectivity index (χ0n) is 10.1. The second-order valence-electron chi connectivity index (χ2n) is 4.15. The number of rotatable bonds is 6. The third-order valence-electron chi connectivity index (χ3n) is 2.47. The van der Waals surface area contributed by atoms with Gasteiger partial charge in [0.05, 0.1) is 11.4 Å². The Morgan fingerprint density at radius 2 is 2.06 bits per heavy atom. The van der Waals surface area contributed by atoms with Crippen molar-refractivity contribution in [2.24, 2.45) is 7.05 Å². The number of aromatic nitrogens is 2. The number of nitrogens with zero attached hydrogens (tertiary/aromatic N) is 2. The second kappa shape index (κ2) is 6.05. The molecule has 0 aliphatic heterocycles. The summed E-state index contributed by atoms with van der Waals surface area (Å²) in [7, 11) is 1.85. The zero-order valence-corrected chi connectivity index (χ0v) is 10.1. The minimum atomic E-state index is -4.03. The van der Waals surface area contributed by atoms with E-state index in [0.29, 0.717) is 19.5 Å². The Balaban J connectivity index is 2.11. The van der Waals surface area contributed by atoms with Gasteiger partial charge in [0.25, 0.3) is 0 Å². The van der Waals surface area contributed by atoms with Gasteiger partial charge in [0, 0.05) is 20.0 Å². The molecule has 6 heteroatoms. The molecule has 0 fully saturated rings. The molecule has 3 nitrogen and oxygen atoms in total. The number of aryl methyl sites for hydroxylation is 2. The first-order valence-corrected chi connectivity index (χ1v) is 5.65. The molecule has 0 radical (unpaired) electrons. The average molecular weight is 249 g/mol. The molecule has 0 aliphatic carbocycles. The highest BCUT2D eigenvalue weighted by molar-refractivity contribution is 5.08. The highest BCUT2D eigenvalue weighted by Crippen LogP contribution is 2.21. The Kier molecular flexibility index (Phi) is 4.99. The van der Waals surface area contributed by atoms with E-state index in [-0.39, 0.29) is 6.42 Å². The number of alkyl halides is 3. The van der Waals surface area contributed by atoms with Gasteiger partial charge in [-0.2, -0.15) is 18.3 Å². The van der Waals surface area contributed by atoms with Crippen LogP contribution < -0.4 is 5.32 Å². The van der Waals surface area contributed by atoms with Crippen molar-refractivity contribution in [1.82, 2.24) is 15.1 Å². The van der Waals surface area contributed by atoms with E-state index in [0.717, 1.165) is 11.4 Å². The van der Waals surface area contributed by atoms with Gasteiger partial charge in [-0.3, -0.25) is 4.68 Å². The lowest BCUT2D eigenvalue weighted by Gasteiger charge is -2.07. The predicted molar refractivity (Wildman–Crippen MR) is 59.6 cm³/mol. The monoisotopic (exact) mass is 249 g/mol. The van der Waals surface area contributed by atoms with Gasteiger partial charge in [0.2, 0.25) is 0 Å². The Labute approximate surface area is 99.0 Å². The Morgan fingerprint density at radius 3 is 2.59 bits per heavy atom. The summed E-state index contributed by atoms with van der Waals surface area (Å²) in [6.07, 6.45) is -4.00. The predicted octanol–water partition coefficient (Wildman–Crippen LogP) is 2.55. The van der Waals surface area contributed by atoms with Crippen LogP contribution in [-0.4, -0.2) is 22.5 Å². The minimum Gasteiger partial charge on any atom is -0.311 e. The van der Waals surface area contributed by atoms with Gasteiger partial charge in [-0.1, -0.05) is 0 Å². The summed E-state index contributed by atoms with van der Waals surface area (Å²) in [6, 6.07) is 1.96. The van der Waals surface area contributed by atoms with Gasteiger partial charge in [0.15, 0.2) is 0 Å². The summed E-state index contributed by atoms with van der Waals surface area (Å²) >= 11 is 0. The van der Waals surface area contributed by atoms with Crippen LogP contribution >= 0.6 is 0 Å². The van der Waals surface area contributed by atoms with Crippen molar-refractivity contribution in [2.75, 3.05) is 6.54 Å². The fourth-order valence-corrected chi connectivity index (χ4v) is 1.62. The normalized spacial score (nSPS) is 12.1. The van der Waals surface area contributed by atoms with Crippen LogP contribution in [0.4, 0.5) is 13.2 Å². The highest BCUT2D eigenvalue weighted by Gasteiger charge is 2.25. The number of unbranched alkanes of at least 4 members (excludes halogenated alkanes) is 1. The van der Waals surface area contributed by atoms with E-state index >= 15 is 0 Å². The standard InChI is InChI=1S/C11H18F3N3/c1-9-7-10(17(2)16-9)8-15-6-4-3-5-11(12,13)14/h7,15H,3-6,8H2,1-2H3. The second-order valence-corrected chi connectivity index (χ2v) is 4.15. The molecule has 1 N–H and O–H groups in total. The highest BCUT2D eigenvalue weighted by atomic mass is 19.4. The van der Waals surface area contributed by atoms with Crippen molar-refractivity contribution < 1.29 is 13.2 Å². The van der Waals surface area contributed by atoms with Crippen molar-refractivity contribution in [2.45, 2.75) is 38.9 Å². The fraction of sp³-hybridized carbons (Fsp3) is 0.727. The lowest BCUT2D eigenvalue weighted by Crippen LogP contribution is -2.17. The zero-order chi connectivity index (χ0) is 12.9. The smallest absolute Gasteiger partial charge is 0.311 e. The van der Waals surface area contributed by atoms with Gasteiger partial charge in [-0.15, -0.1) is 0 Å². The molecule has 0 bridgehead atoms. The van der Waals surface area contributed by atoms with Crippen molar-refractivity contribution >= 4 is 0 Å². The van der Waals surface area contributed by atoms with Crippen LogP contribution in [0, 0.1) is 6.92 Å². The fourth-order valence-electron chi connectivity index (χ4n) is 1.62. The van der Waals surface area contributed by atoms with Crippen LogP contribution in [0.2, 0.25) is 0 Å². The quantitative estimate of drug-likeness (QED) is 0.785. The van der Waals surface area contributed by atoms with Crippen LogP contribution in [0.1, 0.15) is 30.7 Å². The first-order chi connectivity index (χ1) is 7.88.